The number of hydrogen-bond acceptors (Lipinski definition) is 4. The third-order valence-electron chi connectivity index (χ3n) is 3.90. The minimum Gasteiger partial charge on any atom is -0.484 e. The van der Waals surface area contributed by atoms with Crippen LogP contribution >= 0.6 is 0 Å². The Kier molecular flexibility index (Phi) is 5.91. The molecule has 142 valence electrons. The number of carbonyl (C=O) groups excluding carboxylic acids is 2. The van der Waals surface area contributed by atoms with Gasteiger partial charge in [0, 0.05) is 11.3 Å². The molecule has 0 fully saturated rings. The molecule has 0 aliphatic rings. The molecule has 0 aliphatic carbocycles. The number of carbonyl (C=O) groups is 2. The monoisotopic (exact) mass is 376 g/mol. The molecular weight excluding hydrogens is 356 g/mol. The van der Waals surface area contributed by atoms with Crippen LogP contribution in [0.25, 0.3) is 0 Å². The van der Waals surface area contributed by atoms with Crippen molar-refractivity contribution in [2.45, 2.75) is 6.92 Å². The van der Waals surface area contributed by atoms with Gasteiger partial charge in [-0.25, -0.2) is 0 Å². The van der Waals surface area contributed by atoms with Crippen molar-refractivity contribution in [2.75, 3.05) is 11.9 Å². The average molecular weight is 376 g/mol. The lowest BCUT2D eigenvalue weighted by Crippen LogP contribution is -2.20. The van der Waals surface area contributed by atoms with Crippen molar-refractivity contribution in [2.24, 2.45) is 5.73 Å². The van der Waals surface area contributed by atoms with Crippen LogP contribution in [0.3, 0.4) is 0 Å². The lowest BCUT2D eigenvalue weighted by atomic mass is 10.2. The van der Waals surface area contributed by atoms with E-state index in [-0.39, 0.29) is 12.5 Å². The molecule has 0 saturated heterocycles. The molecule has 0 unspecified atom stereocenters. The number of primary amides is 1. The molecule has 0 bridgehead atoms. The average Bonchev–Trinajstić information content (AvgIpc) is 2.70. The van der Waals surface area contributed by atoms with Crippen LogP contribution in [-0.4, -0.2) is 18.4 Å². The maximum absolute atomic E-state index is 12.0. The zero-order valence-corrected chi connectivity index (χ0v) is 15.3. The number of ether oxygens (including phenoxy) is 2. The van der Waals surface area contributed by atoms with Crippen LogP contribution in [0.1, 0.15) is 15.9 Å². The summed E-state index contributed by atoms with van der Waals surface area (Å²) in [5.74, 6) is 1.08. The van der Waals surface area contributed by atoms with E-state index < -0.39 is 5.91 Å². The van der Waals surface area contributed by atoms with E-state index in [1.807, 2.05) is 31.2 Å². The van der Waals surface area contributed by atoms with E-state index in [0.29, 0.717) is 22.7 Å². The van der Waals surface area contributed by atoms with E-state index >= 15 is 0 Å². The summed E-state index contributed by atoms with van der Waals surface area (Å²) >= 11 is 0. The Bertz CT molecular complexity index is 949. The normalized spacial score (nSPS) is 10.2. The summed E-state index contributed by atoms with van der Waals surface area (Å²) in [6.45, 7) is 1.86. The van der Waals surface area contributed by atoms with Crippen LogP contribution in [0.15, 0.2) is 72.8 Å². The third kappa shape index (κ3) is 5.35. The summed E-state index contributed by atoms with van der Waals surface area (Å²) in [5.41, 5.74) is 7.35. The number of nitrogens with two attached hydrogens (primary N) is 1. The lowest BCUT2D eigenvalue weighted by molar-refractivity contribution is -0.118. The Morgan fingerprint density at radius 1 is 0.821 bits per heavy atom. The van der Waals surface area contributed by atoms with E-state index in [2.05, 4.69) is 5.32 Å². The van der Waals surface area contributed by atoms with Gasteiger partial charge in [0.2, 0.25) is 5.91 Å². The molecule has 3 aromatic rings. The largest absolute Gasteiger partial charge is 0.484 e. The minimum atomic E-state index is -0.515. The summed E-state index contributed by atoms with van der Waals surface area (Å²) in [6, 6.07) is 21.1. The first-order valence-corrected chi connectivity index (χ1v) is 8.67. The Labute approximate surface area is 162 Å². The number of rotatable bonds is 7. The SMILES string of the molecule is Cc1ccc(Oc2ccc(NC(=O)COc3ccc(C(N)=O)cc3)cc2)cc1. The van der Waals surface area contributed by atoms with E-state index in [4.69, 9.17) is 15.2 Å². The molecule has 2 amide bonds. The zero-order valence-electron chi connectivity index (χ0n) is 15.3. The van der Waals surface area contributed by atoms with Gasteiger partial charge in [-0.05, 0) is 67.6 Å². The van der Waals surface area contributed by atoms with Crippen LogP contribution < -0.4 is 20.5 Å². The van der Waals surface area contributed by atoms with Gasteiger partial charge in [0.05, 0.1) is 0 Å². The van der Waals surface area contributed by atoms with Gasteiger partial charge < -0.3 is 20.5 Å². The highest BCUT2D eigenvalue weighted by Crippen LogP contribution is 2.23. The highest BCUT2D eigenvalue weighted by Gasteiger charge is 2.06. The number of nitrogens with one attached hydrogen (secondary N) is 1. The third-order valence-corrected chi connectivity index (χ3v) is 3.90. The summed E-state index contributed by atoms with van der Waals surface area (Å²) in [7, 11) is 0. The second-order valence-electron chi connectivity index (χ2n) is 6.16. The minimum absolute atomic E-state index is 0.155. The Balaban J connectivity index is 1.49. The molecule has 3 rings (SSSR count). The zero-order chi connectivity index (χ0) is 19.9. The fourth-order valence-corrected chi connectivity index (χ4v) is 2.41. The molecule has 28 heavy (non-hydrogen) atoms. The van der Waals surface area contributed by atoms with Crippen LogP contribution in [0.4, 0.5) is 5.69 Å². The summed E-state index contributed by atoms with van der Waals surface area (Å²) in [4.78, 5) is 23.1. The first-order chi connectivity index (χ1) is 13.5. The Morgan fingerprint density at radius 2 is 1.36 bits per heavy atom. The predicted octanol–water partition coefficient (Wildman–Crippen LogP) is 3.90. The number of amides is 2. The quantitative estimate of drug-likeness (QED) is 0.654. The molecule has 0 saturated carbocycles. The standard InChI is InChI=1S/C22H20N2O4/c1-15-2-8-19(9-3-15)28-20-12-6-17(7-13-20)24-21(25)14-27-18-10-4-16(5-11-18)22(23)26/h2-13H,14H2,1H3,(H2,23,26)(H,24,25). The first-order valence-electron chi connectivity index (χ1n) is 8.67. The number of anilines is 1. The Morgan fingerprint density at radius 3 is 1.93 bits per heavy atom. The van der Waals surface area contributed by atoms with Gasteiger partial charge in [-0.15, -0.1) is 0 Å². The molecule has 6 nitrogen and oxygen atoms in total. The number of hydrogen-bond donors (Lipinski definition) is 2. The maximum atomic E-state index is 12.0. The molecule has 0 heterocycles. The smallest absolute Gasteiger partial charge is 0.262 e. The fraction of sp³-hybridized carbons (Fsp3) is 0.0909. The molecular formula is C22H20N2O4. The second-order valence-corrected chi connectivity index (χ2v) is 6.16. The topological polar surface area (TPSA) is 90.7 Å². The van der Waals surface area contributed by atoms with E-state index in [1.165, 1.54) is 0 Å². The van der Waals surface area contributed by atoms with Gasteiger partial charge >= 0.3 is 0 Å². The van der Waals surface area contributed by atoms with Crippen molar-refractivity contribution >= 4 is 17.5 Å². The highest BCUT2D eigenvalue weighted by atomic mass is 16.5. The van der Waals surface area contributed by atoms with Gasteiger partial charge in [-0.1, -0.05) is 17.7 Å². The van der Waals surface area contributed by atoms with Crippen molar-refractivity contribution in [1.82, 2.24) is 0 Å². The number of benzene rings is 3. The van der Waals surface area contributed by atoms with E-state index in [0.717, 1.165) is 11.3 Å². The second kappa shape index (κ2) is 8.73. The fourth-order valence-electron chi connectivity index (χ4n) is 2.41. The van der Waals surface area contributed by atoms with Crippen LogP contribution in [0.5, 0.6) is 17.2 Å². The molecule has 0 aliphatic heterocycles. The van der Waals surface area contributed by atoms with Crippen molar-refractivity contribution < 1.29 is 19.1 Å². The highest BCUT2D eigenvalue weighted by molar-refractivity contribution is 5.93. The van der Waals surface area contributed by atoms with Gasteiger partial charge in [0.15, 0.2) is 6.61 Å². The molecule has 0 spiro atoms. The van der Waals surface area contributed by atoms with Gasteiger partial charge in [-0.2, -0.15) is 0 Å². The van der Waals surface area contributed by atoms with Crippen LogP contribution in [-0.2, 0) is 4.79 Å². The molecule has 3 aromatic carbocycles. The maximum Gasteiger partial charge on any atom is 0.262 e. The van der Waals surface area contributed by atoms with Gasteiger partial charge in [0.1, 0.15) is 17.2 Å². The molecule has 0 aromatic heterocycles. The summed E-state index contributed by atoms with van der Waals surface area (Å²) in [5, 5.41) is 2.75. The van der Waals surface area contributed by atoms with Crippen molar-refractivity contribution in [3.05, 3.63) is 83.9 Å². The van der Waals surface area contributed by atoms with Crippen LogP contribution in [0, 0.1) is 6.92 Å². The molecule has 6 heteroatoms. The van der Waals surface area contributed by atoms with E-state index in [9.17, 15) is 9.59 Å². The van der Waals surface area contributed by atoms with Crippen LogP contribution in [0.2, 0.25) is 0 Å². The van der Waals surface area contributed by atoms with E-state index in [1.54, 1.807) is 48.5 Å². The van der Waals surface area contributed by atoms with Gasteiger partial charge in [0.25, 0.3) is 5.91 Å². The van der Waals surface area contributed by atoms with Gasteiger partial charge in [-0.3, -0.25) is 9.59 Å². The molecule has 3 N–H and O–H groups in total. The lowest BCUT2D eigenvalue weighted by Gasteiger charge is -2.09. The predicted molar refractivity (Wildman–Crippen MR) is 107 cm³/mol. The van der Waals surface area contributed by atoms with Crippen molar-refractivity contribution in [3.8, 4) is 17.2 Å². The van der Waals surface area contributed by atoms with Crippen molar-refractivity contribution in [3.63, 3.8) is 0 Å². The number of aryl methyl sites for hydroxylation is 1. The van der Waals surface area contributed by atoms with Crippen molar-refractivity contribution in [1.29, 1.82) is 0 Å². The molecule has 0 atom stereocenters. The first kappa shape index (κ1) is 19.0. The summed E-state index contributed by atoms with van der Waals surface area (Å²) < 4.78 is 11.2. The Hall–Kier alpha value is -3.80. The summed E-state index contributed by atoms with van der Waals surface area (Å²) in [6.07, 6.45) is 0. The molecule has 0 radical (unpaired) electrons.